The molecule has 0 spiro atoms. The second kappa shape index (κ2) is 4.82. The fourth-order valence-electron chi connectivity index (χ4n) is 1.92. The molecule has 0 bridgehead atoms. The molecule has 2 heterocycles. The van der Waals surface area contributed by atoms with Crippen LogP contribution >= 0.6 is 11.6 Å². The molecule has 2 rings (SSSR count). The van der Waals surface area contributed by atoms with Crippen LogP contribution in [0.2, 0.25) is 5.15 Å². The van der Waals surface area contributed by atoms with E-state index in [0.717, 1.165) is 16.5 Å². The Kier molecular flexibility index (Phi) is 3.39. The standard InChI is InChI=1S/C13H14ClN3O/c1-8(6-15-2)10-4-9-7-16-12(14)5-11(9)17(3)13(10)18/h4-7,15H,1-3H3/b8-6+. The van der Waals surface area contributed by atoms with Gasteiger partial charge in [-0.1, -0.05) is 11.6 Å². The third kappa shape index (κ3) is 2.11. The van der Waals surface area contributed by atoms with Gasteiger partial charge in [-0.3, -0.25) is 4.79 Å². The van der Waals surface area contributed by atoms with E-state index in [0.29, 0.717) is 10.7 Å². The lowest BCUT2D eigenvalue weighted by molar-refractivity contribution is 0.899. The van der Waals surface area contributed by atoms with E-state index in [1.807, 2.05) is 13.0 Å². The van der Waals surface area contributed by atoms with Crippen LogP contribution in [-0.2, 0) is 7.05 Å². The first kappa shape index (κ1) is 12.6. The minimum Gasteiger partial charge on any atom is -0.394 e. The van der Waals surface area contributed by atoms with Gasteiger partial charge in [-0.15, -0.1) is 0 Å². The first-order valence-corrected chi connectivity index (χ1v) is 5.92. The predicted molar refractivity (Wildman–Crippen MR) is 74.7 cm³/mol. The highest BCUT2D eigenvalue weighted by Crippen LogP contribution is 2.18. The van der Waals surface area contributed by atoms with E-state index < -0.39 is 0 Å². The number of halogens is 1. The highest BCUT2D eigenvalue weighted by atomic mass is 35.5. The van der Waals surface area contributed by atoms with Crippen LogP contribution < -0.4 is 10.9 Å². The van der Waals surface area contributed by atoms with Crippen molar-refractivity contribution in [2.24, 2.45) is 7.05 Å². The van der Waals surface area contributed by atoms with E-state index in [1.54, 1.807) is 37.1 Å². The van der Waals surface area contributed by atoms with E-state index in [2.05, 4.69) is 10.3 Å². The van der Waals surface area contributed by atoms with E-state index >= 15 is 0 Å². The normalized spacial score (nSPS) is 11.9. The largest absolute Gasteiger partial charge is 0.394 e. The van der Waals surface area contributed by atoms with Crippen molar-refractivity contribution in [2.45, 2.75) is 6.92 Å². The molecule has 0 unspecified atom stereocenters. The van der Waals surface area contributed by atoms with Crippen molar-refractivity contribution in [1.29, 1.82) is 0 Å². The average Bonchev–Trinajstić information content (AvgIpc) is 2.34. The Hall–Kier alpha value is -1.81. The predicted octanol–water partition coefficient (Wildman–Crippen LogP) is 2.17. The number of allylic oxidation sites excluding steroid dienone is 1. The molecule has 0 fully saturated rings. The molecule has 1 N–H and O–H groups in total. The van der Waals surface area contributed by atoms with Gasteiger partial charge in [-0.25, -0.2) is 4.98 Å². The Morgan fingerprint density at radius 2 is 2.22 bits per heavy atom. The number of hydrogen-bond donors (Lipinski definition) is 1. The van der Waals surface area contributed by atoms with Crippen molar-refractivity contribution >= 4 is 28.1 Å². The summed E-state index contributed by atoms with van der Waals surface area (Å²) in [6.45, 7) is 1.89. The zero-order chi connectivity index (χ0) is 13.3. The monoisotopic (exact) mass is 263 g/mol. The third-order valence-corrected chi connectivity index (χ3v) is 3.07. The van der Waals surface area contributed by atoms with Crippen LogP contribution in [-0.4, -0.2) is 16.6 Å². The van der Waals surface area contributed by atoms with Crippen LogP contribution in [0.1, 0.15) is 12.5 Å². The van der Waals surface area contributed by atoms with E-state index in [4.69, 9.17) is 11.6 Å². The summed E-state index contributed by atoms with van der Waals surface area (Å²) < 4.78 is 1.59. The number of aromatic nitrogens is 2. The van der Waals surface area contributed by atoms with Crippen LogP contribution in [0.3, 0.4) is 0 Å². The van der Waals surface area contributed by atoms with Crippen molar-refractivity contribution in [1.82, 2.24) is 14.9 Å². The molecule has 94 valence electrons. The summed E-state index contributed by atoms with van der Waals surface area (Å²) in [5, 5.41) is 4.19. The Bertz CT molecular complexity index is 688. The molecule has 0 saturated carbocycles. The second-order valence-corrected chi connectivity index (χ2v) is 4.49. The lowest BCUT2D eigenvalue weighted by atomic mass is 10.1. The number of hydrogen-bond acceptors (Lipinski definition) is 3. The van der Waals surface area contributed by atoms with Crippen LogP contribution in [0.5, 0.6) is 0 Å². The molecule has 5 heteroatoms. The SMILES string of the molecule is CN/C=C(\C)c1cc2cnc(Cl)cc2n(C)c1=O. The Balaban J connectivity index is 2.80. The van der Waals surface area contributed by atoms with Crippen molar-refractivity contribution in [3.63, 3.8) is 0 Å². The van der Waals surface area contributed by atoms with Crippen LogP contribution in [0.15, 0.2) is 29.3 Å². The summed E-state index contributed by atoms with van der Waals surface area (Å²) in [7, 11) is 3.54. The summed E-state index contributed by atoms with van der Waals surface area (Å²) in [5.74, 6) is 0. The summed E-state index contributed by atoms with van der Waals surface area (Å²) in [6.07, 6.45) is 3.47. The Morgan fingerprint density at radius 3 is 2.89 bits per heavy atom. The number of fused-ring (bicyclic) bond motifs is 1. The highest BCUT2D eigenvalue weighted by molar-refractivity contribution is 6.30. The van der Waals surface area contributed by atoms with Gasteiger partial charge in [0.1, 0.15) is 5.15 Å². The minimum atomic E-state index is -0.0474. The number of nitrogens with one attached hydrogen (secondary N) is 1. The number of aryl methyl sites for hydroxylation is 1. The molecule has 0 aliphatic carbocycles. The van der Waals surface area contributed by atoms with Crippen LogP contribution in [0, 0.1) is 0 Å². The number of pyridine rings is 2. The maximum Gasteiger partial charge on any atom is 0.258 e. The minimum absolute atomic E-state index is 0.0474. The first-order valence-electron chi connectivity index (χ1n) is 5.54. The maximum absolute atomic E-state index is 12.2. The van der Waals surface area contributed by atoms with E-state index in [1.165, 1.54) is 0 Å². The van der Waals surface area contributed by atoms with Gasteiger partial charge in [0, 0.05) is 31.2 Å². The van der Waals surface area contributed by atoms with Crippen molar-refractivity contribution in [2.75, 3.05) is 7.05 Å². The molecule has 2 aromatic rings. The smallest absolute Gasteiger partial charge is 0.258 e. The topological polar surface area (TPSA) is 46.9 Å². The molecular formula is C13H14ClN3O. The summed E-state index contributed by atoms with van der Waals surface area (Å²) in [6, 6.07) is 3.53. The van der Waals surface area contributed by atoms with Crippen molar-refractivity contribution < 1.29 is 0 Å². The van der Waals surface area contributed by atoms with Gasteiger partial charge in [-0.05, 0) is 30.8 Å². The first-order chi connectivity index (χ1) is 8.54. The van der Waals surface area contributed by atoms with Gasteiger partial charge < -0.3 is 9.88 Å². The van der Waals surface area contributed by atoms with E-state index in [-0.39, 0.29) is 5.56 Å². The molecule has 0 atom stereocenters. The molecular weight excluding hydrogens is 250 g/mol. The van der Waals surface area contributed by atoms with Crippen LogP contribution in [0.4, 0.5) is 0 Å². The molecule has 0 amide bonds. The summed E-state index contributed by atoms with van der Waals surface area (Å²) in [4.78, 5) is 16.3. The quantitative estimate of drug-likeness (QED) is 0.845. The lowest BCUT2D eigenvalue weighted by Gasteiger charge is -2.09. The third-order valence-electron chi connectivity index (χ3n) is 2.86. The van der Waals surface area contributed by atoms with Crippen molar-refractivity contribution in [3.8, 4) is 0 Å². The van der Waals surface area contributed by atoms with Gasteiger partial charge in [-0.2, -0.15) is 0 Å². The van der Waals surface area contributed by atoms with Gasteiger partial charge >= 0.3 is 0 Å². The molecule has 18 heavy (non-hydrogen) atoms. The fourth-order valence-corrected chi connectivity index (χ4v) is 2.07. The molecule has 0 aliphatic rings. The molecule has 4 nitrogen and oxygen atoms in total. The molecule has 0 radical (unpaired) electrons. The fraction of sp³-hybridized carbons (Fsp3) is 0.231. The number of nitrogens with zero attached hydrogens (tertiary/aromatic N) is 2. The Morgan fingerprint density at radius 1 is 1.50 bits per heavy atom. The van der Waals surface area contributed by atoms with Gasteiger partial charge in [0.25, 0.3) is 5.56 Å². The van der Waals surface area contributed by atoms with Gasteiger partial charge in [0.05, 0.1) is 5.52 Å². The van der Waals surface area contributed by atoms with Gasteiger partial charge in [0.15, 0.2) is 0 Å². The van der Waals surface area contributed by atoms with Crippen molar-refractivity contribution in [3.05, 3.63) is 45.6 Å². The molecule has 0 saturated heterocycles. The van der Waals surface area contributed by atoms with E-state index in [9.17, 15) is 4.79 Å². The number of rotatable bonds is 2. The van der Waals surface area contributed by atoms with Gasteiger partial charge in [0.2, 0.25) is 0 Å². The van der Waals surface area contributed by atoms with Crippen LogP contribution in [0.25, 0.3) is 16.5 Å². The average molecular weight is 264 g/mol. The zero-order valence-electron chi connectivity index (χ0n) is 10.5. The second-order valence-electron chi connectivity index (χ2n) is 4.10. The molecule has 2 aromatic heterocycles. The zero-order valence-corrected chi connectivity index (χ0v) is 11.2. The molecule has 0 aromatic carbocycles. The summed E-state index contributed by atoms with van der Waals surface area (Å²) >= 11 is 5.85. The summed E-state index contributed by atoms with van der Waals surface area (Å²) in [5.41, 5.74) is 2.27. The lowest BCUT2D eigenvalue weighted by Crippen LogP contribution is -2.21. The highest BCUT2D eigenvalue weighted by Gasteiger charge is 2.08. The molecule has 0 aliphatic heterocycles. The Labute approximate surface area is 110 Å². The maximum atomic E-state index is 12.2.